The molecule has 0 aliphatic heterocycles. The van der Waals surface area contributed by atoms with E-state index in [0.717, 1.165) is 5.92 Å². The van der Waals surface area contributed by atoms with E-state index in [9.17, 15) is 4.79 Å². The summed E-state index contributed by atoms with van der Waals surface area (Å²) in [6, 6.07) is 6.83. The molecule has 120 valence electrons. The van der Waals surface area contributed by atoms with Gasteiger partial charge in [-0.15, -0.1) is 0 Å². The molecule has 4 rings (SSSR count). The van der Waals surface area contributed by atoms with Crippen molar-refractivity contribution >= 4 is 11.0 Å². The van der Waals surface area contributed by atoms with Crippen LogP contribution in [0.25, 0.3) is 11.0 Å². The quantitative estimate of drug-likeness (QED) is 0.769. The number of ether oxygens (including phenoxy) is 1. The maximum Gasteiger partial charge on any atom is 2.00 e. The van der Waals surface area contributed by atoms with Gasteiger partial charge in [-0.25, -0.2) is 0 Å². The summed E-state index contributed by atoms with van der Waals surface area (Å²) in [6.07, 6.45) is 17.6. The minimum atomic E-state index is -0.0927. The summed E-state index contributed by atoms with van der Waals surface area (Å²) in [4.78, 5) is 12.1. The van der Waals surface area contributed by atoms with Crippen molar-refractivity contribution in [1.82, 2.24) is 0 Å². The molecular weight excluding hydrogens is 344 g/mol. The van der Waals surface area contributed by atoms with Crippen LogP contribution in [-0.4, -0.2) is 7.11 Å². The Balaban J connectivity index is 0.000000300. The maximum absolute atomic E-state index is 12.1. The Bertz CT molecular complexity index is 690. The van der Waals surface area contributed by atoms with E-state index in [1.54, 1.807) is 25.3 Å². The van der Waals surface area contributed by atoms with Crippen molar-refractivity contribution in [2.75, 3.05) is 7.11 Å². The fourth-order valence-corrected chi connectivity index (χ4v) is 2.35. The SMILES string of the molecule is COc1cccc2oc([C]3[CH][CH][CH][CH]3)cc(=O)c12.[CH]1[CH][CH][CH][CH]1.[Fe+2]. The maximum atomic E-state index is 12.1. The summed E-state index contributed by atoms with van der Waals surface area (Å²) in [5.41, 5.74) is 0.447. The van der Waals surface area contributed by atoms with Crippen molar-refractivity contribution < 1.29 is 26.2 Å². The van der Waals surface area contributed by atoms with Crippen LogP contribution >= 0.6 is 0 Å². The summed E-state index contributed by atoms with van der Waals surface area (Å²) < 4.78 is 10.9. The zero-order valence-corrected chi connectivity index (χ0v) is 14.2. The average Bonchev–Trinajstić information content (AvgIpc) is 3.29. The number of fused-ring (bicyclic) bond motifs is 1. The van der Waals surface area contributed by atoms with E-state index in [1.165, 1.54) is 6.07 Å². The number of methoxy groups -OCH3 is 1. The molecule has 2 fully saturated rings. The monoisotopic (exact) mass is 360 g/mol. The first-order valence-electron chi connectivity index (χ1n) is 7.29. The molecule has 2 aromatic rings. The van der Waals surface area contributed by atoms with Crippen molar-refractivity contribution in [3.63, 3.8) is 0 Å². The molecule has 4 heteroatoms. The zero-order chi connectivity index (χ0) is 16.1. The summed E-state index contributed by atoms with van der Waals surface area (Å²) >= 11 is 0. The molecule has 0 spiro atoms. The molecule has 0 bridgehead atoms. The smallest absolute Gasteiger partial charge is 0.496 e. The van der Waals surface area contributed by atoms with Gasteiger partial charge in [-0.2, -0.15) is 0 Å². The first-order chi connectivity index (χ1) is 11.3. The normalized spacial score (nSPS) is 17.2. The fraction of sp³-hybridized carbons (Fsp3) is 0.0500. The third-order valence-corrected chi connectivity index (χ3v) is 3.44. The van der Waals surface area contributed by atoms with E-state index in [-0.39, 0.29) is 22.5 Å². The van der Waals surface area contributed by atoms with Gasteiger partial charge in [-0.3, -0.25) is 4.79 Å². The molecule has 1 aromatic carbocycles. The molecule has 0 amide bonds. The van der Waals surface area contributed by atoms with Crippen molar-refractivity contribution in [2.24, 2.45) is 0 Å². The molecule has 10 radical (unpaired) electrons. The van der Waals surface area contributed by atoms with E-state index in [4.69, 9.17) is 9.15 Å². The molecule has 3 nitrogen and oxygen atoms in total. The van der Waals surface area contributed by atoms with E-state index in [2.05, 4.69) is 0 Å². The first kappa shape index (κ1) is 19.1. The summed E-state index contributed by atoms with van der Waals surface area (Å²) in [7, 11) is 1.54. The Labute approximate surface area is 154 Å². The molecular formula is C20H16FeO3+2. The number of benzene rings is 1. The Morgan fingerprint density at radius 2 is 1.54 bits per heavy atom. The van der Waals surface area contributed by atoms with Crippen molar-refractivity contribution in [2.45, 2.75) is 0 Å². The van der Waals surface area contributed by atoms with Crippen molar-refractivity contribution in [3.8, 4) is 5.75 Å². The topological polar surface area (TPSA) is 39.4 Å². The van der Waals surface area contributed by atoms with Crippen molar-refractivity contribution in [1.29, 1.82) is 0 Å². The van der Waals surface area contributed by atoms with Crippen molar-refractivity contribution in [3.05, 3.63) is 104 Å². The largest absolute Gasteiger partial charge is 2.00 e. The molecule has 2 saturated carbocycles. The van der Waals surface area contributed by atoms with Gasteiger partial charge in [-0.1, -0.05) is 6.07 Å². The van der Waals surface area contributed by atoms with Gasteiger partial charge < -0.3 is 9.15 Å². The van der Waals surface area contributed by atoms with Gasteiger partial charge in [-0.05, 0) is 69.9 Å². The second-order valence-corrected chi connectivity index (χ2v) is 4.94. The van der Waals surface area contributed by atoms with Gasteiger partial charge in [0.15, 0.2) is 5.43 Å². The third kappa shape index (κ3) is 4.43. The van der Waals surface area contributed by atoms with Crippen LogP contribution in [0.2, 0.25) is 0 Å². The number of rotatable bonds is 2. The van der Waals surface area contributed by atoms with Crippen LogP contribution in [0, 0.1) is 63.7 Å². The van der Waals surface area contributed by atoms with Gasteiger partial charge in [0.2, 0.25) is 0 Å². The van der Waals surface area contributed by atoms with Crippen LogP contribution in [0.5, 0.6) is 5.75 Å². The van der Waals surface area contributed by atoms with E-state index in [0.29, 0.717) is 22.5 Å². The van der Waals surface area contributed by atoms with Gasteiger partial charge in [0.1, 0.15) is 22.5 Å². The summed E-state index contributed by atoms with van der Waals surface area (Å²) in [5.74, 6) is 2.01. The number of hydrogen-bond donors (Lipinski definition) is 0. The minimum absolute atomic E-state index is 0. The van der Waals surface area contributed by atoms with E-state index < -0.39 is 0 Å². The van der Waals surface area contributed by atoms with Crippen LogP contribution in [0.4, 0.5) is 0 Å². The van der Waals surface area contributed by atoms with Gasteiger partial charge in [0.05, 0.1) is 7.11 Å². The first-order valence-corrected chi connectivity index (χ1v) is 7.29. The molecule has 24 heavy (non-hydrogen) atoms. The predicted molar refractivity (Wildman–Crippen MR) is 90.1 cm³/mol. The Kier molecular flexibility index (Phi) is 7.38. The van der Waals surface area contributed by atoms with Crippen LogP contribution in [-0.2, 0) is 17.1 Å². The van der Waals surface area contributed by atoms with Gasteiger partial charge in [0, 0.05) is 12.0 Å². The van der Waals surface area contributed by atoms with E-state index in [1.807, 2.05) is 57.8 Å². The third-order valence-electron chi connectivity index (χ3n) is 3.44. The summed E-state index contributed by atoms with van der Waals surface area (Å²) in [5, 5.41) is 0.482. The molecule has 0 N–H and O–H groups in total. The van der Waals surface area contributed by atoms with E-state index >= 15 is 0 Å². The Morgan fingerprint density at radius 1 is 0.917 bits per heavy atom. The molecule has 1 aromatic heterocycles. The van der Waals surface area contributed by atoms with Gasteiger partial charge >= 0.3 is 17.1 Å². The Hall–Kier alpha value is -1.25. The second kappa shape index (κ2) is 9.29. The second-order valence-electron chi connectivity index (χ2n) is 4.94. The average molecular weight is 360 g/mol. The molecule has 2 aliphatic rings. The van der Waals surface area contributed by atoms with Gasteiger partial charge in [0.25, 0.3) is 0 Å². The van der Waals surface area contributed by atoms with Crippen LogP contribution in [0.15, 0.2) is 33.5 Å². The Morgan fingerprint density at radius 3 is 2.12 bits per heavy atom. The standard InChI is InChI=1S/C15H11O3.C5H5.Fe/c1-17-12-7-4-8-13-15(12)11(16)9-14(18-13)10-5-2-3-6-10;1-2-4-5-3-1;/h2-9H,1H3;1-5H;/q;;+2. The van der Waals surface area contributed by atoms with Crippen LogP contribution in [0.3, 0.4) is 0 Å². The zero-order valence-electron chi connectivity index (χ0n) is 13.1. The molecule has 0 saturated heterocycles. The summed E-state index contributed by atoms with van der Waals surface area (Å²) in [6.45, 7) is 0. The molecule has 1 heterocycles. The van der Waals surface area contributed by atoms with Crippen LogP contribution in [0.1, 0.15) is 5.76 Å². The molecule has 0 unspecified atom stereocenters. The molecule has 2 aliphatic carbocycles. The van der Waals surface area contributed by atoms with Crippen LogP contribution < -0.4 is 10.2 Å². The predicted octanol–water partition coefficient (Wildman–Crippen LogP) is 3.57. The number of hydrogen-bond acceptors (Lipinski definition) is 3. The molecule has 0 atom stereocenters. The minimum Gasteiger partial charge on any atom is -0.496 e. The fourth-order valence-electron chi connectivity index (χ4n) is 2.35.